The molecule has 0 radical (unpaired) electrons. The lowest BCUT2D eigenvalue weighted by Gasteiger charge is -2.28. The molecule has 0 aromatic heterocycles. The maximum atomic E-state index is 13.9. The Morgan fingerprint density at radius 1 is 1.42 bits per heavy atom. The Morgan fingerprint density at radius 3 is 2.84 bits per heavy atom. The third-order valence-electron chi connectivity index (χ3n) is 4.36. The number of halogens is 2. The summed E-state index contributed by atoms with van der Waals surface area (Å²) in [6.45, 7) is 5.35. The molecule has 1 aromatic carbocycles. The fraction of sp³-hybridized carbons (Fsp3) is 0.625. The van der Waals surface area contributed by atoms with E-state index in [2.05, 4.69) is 19.2 Å². The molecule has 0 aliphatic heterocycles. The fourth-order valence-electron chi connectivity index (χ4n) is 3.35. The fourth-order valence-corrected chi connectivity index (χ4v) is 3.54. The lowest BCUT2D eigenvalue weighted by atomic mass is 9.86. The van der Waals surface area contributed by atoms with Gasteiger partial charge >= 0.3 is 0 Å². The van der Waals surface area contributed by atoms with Crippen molar-refractivity contribution in [2.45, 2.75) is 45.6 Å². The molecule has 1 N–H and O–H groups in total. The Balaban J connectivity index is 2.13. The molecule has 0 spiro atoms. The molecule has 3 atom stereocenters. The summed E-state index contributed by atoms with van der Waals surface area (Å²) in [7, 11) is 0. The van der Waals surface area contributed by atoms with Crippen LogP contribution in [0.2, 0.25) is 5.02 Å². The first-order chi connectivity index (χ1) is 9.11. The molecule has 0 heterocycles. The van der Waals surface area contributed by atoms with Crippen LogP contribution in [0.1, 0.15) is 38.7 Å². The monoisotopic (exact) mass is 283 g/mol. The summed E-state index contributed by atoms with van der Waals surface area (Å²) < 4.78 is 13.9. The van der Waals surface area contributed by atoms with Crippen LogP contribution in [0.4, 0.5) is 4.39 Å². The minimum atomic E-state index is -0.141. The molecule has 3 heteroatoms. The largest absolute Gasteiger partial charge is 0.314 e. The van der Waals surface area contributed by atoms with Crippen LogP contribution < -0.4 is 5.32 Å². The summed E-state index contributed by atoms with van der Waals surface area (Å²) in [5.41, 5.74) is 0.734. The molecule has 1 fully saturated rings. The molecule has 0 saturated heterocycles. The first-order valence-corrected chi connectivity index (χ1v) is 7.67. The van der Waals surface area contributed by atoms with Gasteiger partial charge in [-0.1, -0.05) is 38.3 Å². The minimum Gasteiger partial charge on any atom is -0.314 e. The van der Waals surface area contributed by atoms with Gasteiger partial charge in [-0.05, 0) is 55.0 Å². The average Bonchev–Trinajstić information content (AvgIpc) is 2.79. The predicted octanol–water partition coefficient (Wildman–Crippen LogP) is 4.44. The number of likely N-dealkylation sites (N-methyl/N-ethyl adjacent to an activating group) is 1. The van der Waals surface area contributed by atoms with Gasteiger partial charge in [0.2, 0.25) is 0 Å². The molecule has 19 heavy (non-hydrogen) atoms. The van der Waals surface area contributed by atoms with E-state index in [0.29, 0.717) is 17.0 Å². The van der Waals surface area contributed by atoms with Crippen LogP contribution in [0.3, 0.4) is 0 Å². The Hall–Kier alpha value is -0.600. The number of hydrogen-bond donors (Lipinski definition) is 1. The molecule has 1 saturated carbocycles. The second-order valence-corrected chi connectivity index (χ2v) is 6.11. The summed E-state index contributed by atoms with van der Waals surface area (Å²) >= 11 is 5.98. The van der Waals surface area contributed by atoms with Gasteiger partial charge in [-0.2, -0.15) is 0 Å². The van der Waals surface area contributed by atoms with Crippen molar-refractivity contribution in [2.75, 3.05) is 6.54 Å². The summed E-state index contributed by atoms with van der Waals surface area (Å²) in [6.07, 6.45) is 4.58. The van der Waals surface area contributed by atoms with Gasteiger partial charge < -0.3 is 5.32 Å². The molecule has 1 aliphatic carbocycles. The lowest BCUT2D eigenvalue weighted by molar-refractivity contribution is 0.297. The van der Waals surface area contributed by atoms with Gasteiger partial charge in [0.15, 0.2) is 0 Å². The average molecular weight is 284 g/mol. The van der Waals surface area contributed by atoms with Crippen molar-refractivity contribution in [1.29, 1.82) is 0 Å². The van der Waals surface area contributed by atoms with Gasteiger partial charge in [0, 0.05) is 11.1 Å². The van der Waals surface area contributed by atoms with Gasteiger partial charge in [-0.15, -0.1) is 0 Å². The second-order valence-electron chi connectivity index (χ2n) is 5.68. The Morgan fingerprint density at radius 2 is 2.21 bits per heavy atom. The van der Waals surface area contributed by atoms with E-state index in [4.69, 9.17) is 11.6 Å². The standard InChI is InChI=1S/C16H23ClFN/c1-3-19-16(14-6-4-5-11(14)2)10-12-9-13(17)7-8-15(12)18/h7-9,11,14,16,19H,3-6,10H2,1-2H3. The third-order valence-corrected chi connectivity index (χ3v) is 4.59. The quantitative estimate of drug-likeness (QED) is 0.843. The van der Waals surface area contributed by atoms with Crippen LogP contribution in [-0.2, 0) is 6.42 Å². The van der Waals surface area contributed by atoms with E-state index in [1.54, 1.807) is 12.1 Å². The van der Waals surface area contributed by atoms with E-state index in [0.717, 1.165) is 24.4 Å². The van der Waals surface area contributed by atoms with Crippen LogP contribution in [0, 0.1) is 17.7 Å². The van der Waals surface area contributed by atoms with Crippen molar-refractivity contribution in [3.8, 4) is 0 Å². The van der Waals surface area contributed by atoms with Crippen LogP contribution in [0.5, 0.6) is 0 Å². The van der Waals surface area contributed by atoms with E-state index in [1.807, 2.05) is 0 Å². The van der Waals surface area contributed by atoms with Gasteiger partial charge in [0.25, 0.3) is 0 Å². The maximum Gasteiger partial charge on any atom is 0.126 e. The SMILES string of the molecule is CCNC(Cc1cc(Cl)ccc1F)C1CCCC1C. The van der Waals surface area contributed by atoms with Crippen LogP contribution >= 0.6 is 11.6 Å². The summed E-state index contributed by atoms with van der Waals surface area (Å²) in [4.78, 5) is 0. The highest BCUT2D eigenvalue weighted by Crippen LogP contribution is 2.35. The van der Waals surface area contributed by atoms with Crippen LogP contribution in [0.25, 0.3) is 0 Å². The number of nitrogens with one attached hydrogen (secondary N) is 1. The van der Waals surface area contributed by atoms with Crippen LogP contribution in [-0.4, -0.2) is 12.6 Å². The zero-order chi connectivity index (χ0) is 13.8. The molecule has 0 bridgehead atoms. The Labute approximate surface area is 120 Å². The first-order valence-electron chi connectivity index (χ1n) is 7.29. The van der Waals surface area contributed by atoms with Crippen molar-refractivity contribution in [3.63, 3.8) is 0 Å². The second kappa shape index (κ2) is 6.71. The highest BCUT2D eigenvalue weighted by Gasteiger charge is 2.30. The number of hydrogen-bond acceptors (Lipinski definition) is 1. The normalized spacial score (nSPS) is 24.6. The molecular weight excluding hydrogens is 261 g/mol. The minimum absolute atomic E-state index is 0.141. The van der Waals surface area contributed by atoms with Gasteiger partial charge in [-0.25, -0.2) is 4.39 Å². The number of rotatable bonds is 5. The van der Waals surface area contributed by atoms with Crippen molar-refractivity contribution in [3.05, 3.63) is 34.6 Å². The van der Waals surface area contributed by atoms with Gasteiger partial charge in [-0.3, -0.25) is 0 Å². The van der Waals surface area contributed by atoms with Crippen molar-refractivity contribution >= 4 is 11.6 Å². The predicted molar refractivity (Wildman–Crippen MR) is 79.1 cm³/mol. The summed E-state index contributed by atoms with van der Waals surface area (Å²) in [5.74, 6) is 1.24. The van der Waals surface area contributed by atoms with E-state index in [-0.39, 0.29) is 5.82 Å². The summed E-state index contributed by atoms with van der Waals surface area (Å²) in [5, 5.41) is 4.16. The van der Waals surface area contributed by atoms with E-state index >= 15 is 0 Å². The molecule has 3 unspecified atom stereocenters. The molecule has 106 valence electrons. The molecule has 0 amide bonds. The highest BCUT2D eigenvalue weighted by molar-refractivity contribution is 6.30. The van der Waals surface area contributed by atoms with Crippen molar-refractivity contribution in [2.24, 2.45) is 11.8 Å². The number of benzene rings is 1. The van der Waals surface area contributed by atoms with Crippen LogP contribution in [0.15, 0.2) is 18.2 Å². The molecule has 2 rings (SSSR count). The molecule has 1 aromatic rings. The van der Waals surface area contributed by atoms with E-state index in [9.17, 15) is 4.39 Å². The zero-order valence-electron chi connectivity index (χ0n) is 11.8. The molecular formula is C16H23ClFN. The zero-order valence-corrected chi connectivity index (χ0v) is 12.5. The molecule has 1 nitrogen and oxygen atoms in total. The van der Waals surface area contributed by atoms with Crippen molar-refractivity contribution < 1.29 is 4.39 Å². The van der Waals surface area contributed by atoms with Gasteiger partial charge in [0.1, 0.15) is 5.82 Å². The Bertz CT molecular complexity index is 421. The summed E-state index contributed by atoms with van der Waals surface area (Å²) in [6, 6.07) is 5.20. The topological polar surface area (TPSA) is 12.0 Å². The smallest absolute Gasteiger partial charge is 0.126 e. The first kappa shape index (κ1) is 14.8. The lowest BCUT2D eigenvalue weighted by Crippen LogP contribution is -2.39. The maximum absolute atomic E-state index is 13.9. The van der Waals surface area contributed by atoms with E-state index < -0.39 is 0 Å². The van der Waals surface area contributed by atoms with Gasteiger partial charge in [0.05, 0.1) is 0 Å². The van der Waals surface area contributed by atoms with E-state index in [1.165, 1.54) is 25.3 Å². The van der Waals surface area contributed by atoms with Crippen molar-refractivity contribution in [1.82, 2.24) is 5.32 Å². The highest BCUT2D eigenvalue weighted by atomic mass is 35.5. The molecule has 1 aliphatic rings. The third kappa shape index (κ3) is 3.70. The Kier molecular flexibility index (Phi) is 5.23.